The van der Waals surface area contributed by atoms with E-state index in [9.17, 15) is 0 Å². The lowest BCUT2D eigenvalue weighted by Gasteiger charge is -2.29. The van der Waals surface area contributed by atoms with E-state index >= 15 is 0 Å². The van der Waals surface area contributed by atoms with Crippen LogP contribution in [0.15, 0.2) is 104 Å². The van der Waals surface area contributed by atoms with Gasteiger partial charge in [-0.15, -0.1) is 0 Å². The highest BCUT2D eigenvalue weighted by molar-refractivity contribution is 9.11. The molecule has 5 aliphatic heterocycles. The molecule has 17 heterocycles. The minimum Gasteiger partial charge on any atom is -0.383 e. The number of nitrogen functional groups attached to an aromatic ring is 6. The van der Waals surface area contributed by atoms with Crippen LogP contribution in [0.3, 0.4) is 0 Å². The molecule has 34 nitrogen and oxygen atoms in total. The molecule has 0 unspecified atom stereocenters. The van der Waals surface area contributed by atoms with Crippen molar-refractivity contribution < 1.29 is 0 Å². The Morgan fingerprint density at radius 3 is 1.18 bits per heavy atom. The Labute approximate surface area is 749 Å². The van der Waals surface area contributed by atoms with Crippen molar-refractivity contribution in [3.63, 3.8) is 0 Å². The van der Waals surface area contributed by atoms with Crippen LogP contribution in [0.1, 0.15) is 110 Å². The summed E-state index contributed by atoms with van der Waals surface area (Å²) in [5, 5.41) is 35.9. The van der Waals surface area contributed by atoms with Gasteiger partial charge in [0.1, 0.15) is 76.1 Å². The summed E-state index contributed by atoms with van der Waals surface area (Å²) in [6, 6.07) is 12.2. The quantitative estimate of drug-likeness (QED) is 0.0605. The van der Waals surface area contributed by atoms with Crippen molar-refractivity contribution in [2.24, 2.45) is 29.0 Å². The van der Waals surface area contributed by atoms with Crippen molar-refractivity contribution in [1.29, 1.82) is 0 Å². The second kappa shape index (κ2) is 38.0. The number of nitrogens with one attached hydrogen (secondary N) is 3. The number of hydrogen-bond acceptors (Lipinski definition) is 29. The molecule has 1 aromatic carbocycles. The van der Waals surface area contributed by atoms with Gasteiger partial charge in [-0.25, -0.2) is 29.9 Å². The molecular formula is C79H104Br6N34S. The summed E-state index contributed by atoms with van der Waals surface area (Å²) in [5.74, 6) is 8.54. The minimum atomic E-state index is 0.180. The van der Waals surface area contributed by atoms with Gasteiger partial charge in [0.25, 0.3) is 0 Å². The van der Waals surface area contributed by atoms with Gasteiger partial charge in [0.15, 0.2) is 33.9 Å². The van der Waals surface area contributed by atoms with Gasteiger partial charge in [0, 0.05) is 135 Å². The Hall–Kier alpha value is -8.07. The molecule has 0 spiro atoms. The summed E-state index contributed by atoms with van der Waals surface area (Å²) in [4.78, 5) is 39.7. The second-order valence-corrected chi connectivity index (χ2v) is 37.8. The fraction of sp³-hybridized carbons (Fsp3) is 0.468. The number of hydrogen-bond donors (Lipinski definition) is 12. The Morgan fingerprint density at radius 2 is 0.767 bits per heavy atom. The van der Waals surface area contributed by atoms with Gasteiger partial charge in [-0.3, -0.25) is 0 Å². The summed E-state index contributed by atoms with van der Waals surface area (Å²) >= 11 is 23.0. The Balaban J connectivity index is 0.000000112. The maximum absolute atomic E-state index is 6.27. The van der Waals surface area contributed by atoms with E-state index in [4.69, 9.17) is 81.5 Å². The summed E-state index contributed by atoms with van der Waals surface area (Å²) in [6.07, 6.45) is 25.1. The van der Waals surface area contributed by atoms with Crippen LogP contribution < -0.4 is 87.2 Å². The highest BCUT2D eigenvalue weighted by Gasteiger charge is 2.40. The fourth-order valence-electron chi connectivity index (χ4n) is 16.4. The number of benzene rings is 1. The van der Waals surface area contributed by atoms with Crippen LogP contribution in [-0.2, 0) is 12.8 Å². The molecule has 2 bridgehead atoms. The van der Waals surface area contributed by atoms with Gasteiger partial charge < -0.3 is 87.2 Å². The molecule has 7 fully saturated rings. The highest BCUT2D eigenvalue weighted by Crippen LogP contribution is 2.41. The van der Waals surface area contributed by atoms with Gasteiger partial charge in [0.2, 0.25) is 0 Å². The normalized spacial score (nSPS) is 20.5. The van der Waals surface area contributed by atoms with E-state index in [-0.39, 0.29) is 6.04 Å². The first-order valence-electron chi connectivity index (χ1n) is 40.7. The van der Waals surface area contributed by atoms with Crippen molar-refractivity contribution in [3.05, 3.63) is 134 Å². The number of nitrogens with two attached hydrogens (primary N) is 9. The van der Waals surface area contributed by atoms with Crippen LogP contribution in [0, 0.1) is 46.5 Å². The van der Waals surface area contributed by atoms with E-state index in [0.717, 1.165) is 263 Å². The van der Waals surface area contributed by atoms with Crippen molar-refractivity contribution >= 4 is 199 Å². The number of piperazine rings is 2. The number of rotatable bonds is 10. The molecule has 0 radical (unpaired) electrons. The first kappa shape index (κ1) is 86.9. The molecule has 21 N–H and O–H groups in total. The Morgan fingerprint density at radius 1 is 0.392 bits per heavy atom. The molecule has 20 rings (SSSR count). The average Bonchev–Trinajstić information content (AvgIpc) is 1.59. The van der Waals surface area contributed by atoms with Crippen LogP contribution >= 0.6 is 107 Å². The van der Waals surface area contributed by atoms with Crippen LogP contribution in [0.5, 0.6) is 0 Å². The van der Waals surface area contributed by atoms with Gasteiger partial charge >= 0.3 is 0 Å². The molecule has 2 saturated carbocycles. The van der Waals surface area contributed by atoms with Gasteiger partial charge in [-0.2, -0.15) is 57.7 Å². The lowest BCUT2D eigenvalue weighted by atomic mass is 9.84. The zero-order valence-electron chi connectivity index (χ0n) is 67.8. The number of aromatic nitrogens is 18. The number of aryl methyl sites for hydroxylation is 5. The first-order valence-corrected chi connectivity index (χ1v) is 46.3. The van der Waals surface area contributed by atoms with Gasteiger partial charge in [0.05, 0.1) is 62.4 Å². The molecular weight excluding hydrogens is 1940 g/mol. The second-order valence-electron chi connectivity index (χ2n) is 32.0. The standard InChI is InChI=1S/C16H17BrN6S.2C14H20BrN5.C12H15BrN6.C12H17BrN6.C11H15BrN6/c17-13-14(19)23-15(21-16(13)22-7-6-10(18)9-22)12(8-20-23)24-11-4-2-1-3-5-11;2*1-8-7-18-20-13(17)12(15)11(19-14(8)20)6-9-2-4-10(16)5-3-9;1-6-3-16-19-10(14)9(13)12(17-11(6)19)18-5-7-2-8(18)4-15-7;1-8-7-16-19-10(14)9(13)12(17-11(8)19)18-5-2-3-15-4-6-18;1-7-6-15-18-9(13)8(12)11(16-10(7)18)17-4-2-14-3-5-17/h1-5,8,10H,6-7,9,18-19H2;2*7,9-10H,2-6,16-17H2,1H3;3,7-8,15H,2,4-5,14H2,1H3;7,15H,2-6,14H2,1H3;6,14H,2-5,13H2,1H3/t10-;;;7-,8-;;/m0..0../s1. The molecule has 12 aromatic heterocycles. The van der Waals surface area contributed by atoms with E-state index in [0.29, 0.717) is 70.9 Å². The zero-order valence-corrected chi connectivity index (χ0v) is 78.1. The summed E-state index contributed by atoms with van der Waals surface area (Å²) < 4.78 is 15.1. The van der Waals surface area contributed by atoms with E-state index in [1.165, 1.54) is 32.1 Å². The zero-order chi connectivity index (χ0) is 84.5. The monoisotopic (exact) mass is 2030 g/mol. The third-order valence-corrected chi connectivity index (χ3v) is 29.1. The van der Waals surface area contributed by atoms with E-state index in [1.807, 2.05) is 59.0 Å². The predicted molar refractivity (Wildman–Crippen MR) is 499 cm³/mol. The summed E-state index contributed by atoms with van der Waals surface area (Å²) in [5.41, 5.74) is 67.2. The molecule has 2 aliphatic carbocycles. The van der Waals surface area contributed by atoms with E-state index < -0.39 is 0 Å². The molecule has 120 heavy (non-hydrogen) atoms. The number of halogens is 6. The number of nitrogens with zero attached hydrogens (tertiary/aromatic N) is 22. The van der Waals surface area contributed by atoms with Crippen LogP contribution in [0.4, 0.5) is 58.2 Å². The molecule has 5 saturated heterocycles. The summed E-state index contributed by atoms with van der Waals surface area (Å²) in [6.45, 7) is 21.5. The summed E-state index contributed by atoms with van der Waals surface area (Å²) in [7, 11) is 0. The van der Waals surface area contributed by atoms with Crippen molar-refractivity contribution in [3.8, 4) is 0 Å². The molecule has 3 atom stereocenters. The maximum Gasteiger partial charge on any atom is 0.173 e. The smallest absolute Gasteiger partial charge is 0.173 e. The largest absolute Gasteiger partial charge is 0.383 e. The van der Waals surface area contributed by atoms with Crippen LogP contribution in [0.25, 0.3) is 33.9 Å². The molecule has 41 heteroatoms. The van der Waals surface area contributed by atoms with Crippen molar-refractivity contribution in [2.45, 2.75) is 158 Å². The van der Waals surface area contributed by atoms with Gasteiger partial charge in [-0.05, 0) is 244 Å². The maximum atomic E-state index is 6.27. The third-order valence-electron chi connectivity index (χ3n) is 23.3. The van der Waals surface area contributed by atoms with Crippen molar-refractivity contribution in [2.75, 3.05) is 133 Å². The topological polar surface area (TPSA) is 464 Å². The average molecular weight is 2040 g/mol. The fourth-order valence-corrected chi connectivity index (χ4v) is 20.1. The molecule has 7 aliphatic rings. The molecule has 13 aromatic rings. The third kappa shape index (κ3) is 18.6. The first-order chi connectivity index (χ1) is 57.8. The SMILES string of the molecule is Cc1cnn2c(N)c(Br)c(CC3CCC(N)CC3)nc12.Cc1cnn2c(N)c(Br)c(CC3CCC(N)CC3)nc12.Cc1cnn2c(N)c(Br)c(N3CCCNCC3)nc12.Cc1cnn2c(N)c(Br)c(N3CCNCC3)nc12.Cc1cnn2c(N)c(Br)c(N3C[C@@H]4C[C@H]3CN4)nc12.Nc1c(Br)c(N2CC[C@H](N)C2)nc2c(Sc3ccccc3)cnn12. The Kier molecular flexibility index (Phi) is 27.5. The predicted octanol–water partition coefficient (Wildman–Crippen LogP) is 10.6. The minimum absolute atomic E-state index is 0.180. The van der Waals surface area contributed by atoms with Crippen LogP contribution in [-0.4, -0.2) is 196 Å². The lowest BCUT2D eigenvalue weighted by Crippen LogP contribution is -2.44. The Bertz CT molecular complexity index is 5690. The van der Waals surface area contributed by atoms with Crippen LogP contribution in [0.2, 0.25) is 0 Å². The molecule has 0 amide bonds. The number of anilines is 10. The van der Waals surface area contributed by atoms with Gasteiger partial charge in [-0.1, -0.05) is 30.0 Å². The van der Waals surface area contributed by atoms with E-state index in [2.05, 4.69) is 174 Å². The van der Waals surface area contributed by atoms with Crippen molar-refractivity contribution in [1.82, 2.24) is 104 Å². The van der Waals surface area contributed by atoms with E-state index in [1.54, 1.807) is 69.8 Å². The lowest BCUT2D eigenvalue weighted by molar-refractivity contribution is 0.323. The molecule has 638 valence electrons. The highest BCUT2D eigenvalue weighted by atomic mass is 79.9. The number of fused-ring (bicyclic) bond motifs is 8.